The van der Waals surface area contributed by atoms with Crippen molar-refractivity contribution < 1.29 is 19.1 Å². The van der Waals surface area contributed by atoms with E-state index in [-0.39, 0.29) is 18.0 Å². The van der Waals surface area contributed by atoms with Crippen molar-refractivity contribution in [1.82, 2.24) is 4.90 Å². The van der Waals surface area contributed by atoms with Crippen LogP contribution in [0, 0.1) is 11.8 Å². The Morgan fingerprint density at radius 2 is 1.07 bits per heavy atom. The third-order valence-electron chi connectivity index (χ3n) is 9.27. The molecule has 0 saturated heterocycles. The summed E-state index contributed by atoms with van der Waals surface area (Å²) in [5.74, 6) is 1.98. The van der Waals surface area contributed by atoms with Gasteiger partial charge in [-0.05, 0) is 77.4 Å². The minimum absolute atomic E-state index is 0.00873. The Kier molecular flexibility index (Phi) is 25.4. The van der Waals surface area contributed by atoms with Gasteiger partial charge < -0.3 is 14.4 Å². The number of unbranched alkanes of at least 4 members (excludes halogenated alkanes) is 16. The fourth-order valence-corrected chi connectivity index (χ4v) is 6.36. The lowest BCUT2D eigenvalue weighted by Gasteiger charge is -2.18. The molecule has 0 aromatic heterocycles. The molecule has 0 aromatic rings. The fourth-order valence-electron chi connectivity index (χ4n) is 6.36. The summed E-state index contributed by atoms with van der Waals surface area (Å²) in [7, 11) is 5.59. The van der Waals surface area contributed by atoms with E-state index < -0.39 is 0 Å². The quantitative estimate of drug-likeness (QED) is 0.0591. The summed E-state index contributed by atoms with van der Waals surface area (Å²) in [6, 6.07) is 0. The second-order valence-electron chi connectivity index (χ2n) is 13.6. The first kappa shape index (κ1) is 38.9. The fraction of sp³-hybridized carbons (Fsp3) is 0.946. The Hall–Kier alpha value is -1.10. The minimum Gasteiger partial charge on any atom is -0.469 e. The molecule has 248 valence electrons. The predicted molar refractivity (Wildman–Crippen MR) is 178 cm³/mol. The summed E-state index contributed by atoms with van der Waals surface area (Å²) in [5, 5.41) is 0. The van der Waals surface area contributed by atoms with E-state index in [1.54, 1.807) is 0 Å². The SMILES string of the molecule is CCCCCCCCC(CCCCCCCCCCC1CC1CCCCCCCC(=O)OC)OC(=O)CCCN(C)C. The van der Waals surface area contributed by atoms with Crippen LogP contribution in [0.5, 0.6) is 0 Å². The molecule has 0 spiro atoms. The lowest BCUT2D eigenvalue weighted by Crippen LogP contribution is -2.20. The van der Waals surface area contributed by atoms with Gasteiger partial charge in [0, 0.05) is 12.8 Å². The molecule has 0 aliphatic heterocycles. The zero-order valence-electron chi connectivity index (χ0n) is 28.6. The average Bonchev–Trinajstić information content (AvgIpc) is 3.72. The summed E-state index contributed by atoms with van der Waals surface area (Å²) >= 11 is 0. The molecule has 0 radical (unpaired) electrons. The first-order chi connectivity index (χ1) is 20.5. The molecule has 1 aliphatic carbocycles. The molecule has 0 aromatic carbocycles. The number of esters is 2. The molecule has 3 unspecified atom stereocenters. The number of nitrogens with zero attached hydrogens (tertiary/aromatic N) is 1. The largest absolute Gasteiger partial charge is 0.469 e. The van der Waals surface area contributed by atoms with E-state index in [2.05, 4.69) is 25.9 Å². The topological polar surface area (TPSA) is 55.8 Å². The average molecular weight is 594 g/mol. The first-order valence-corrected chi connectivity index (χ1v) is 18.4. The summed E-state index contributed by atoms with van der Waals surface area (Å²) in [4.78, 5) is 25.7. The summed E-state index contributed by atoms with van der Waals surface area (Å²) in [6.45, 7) is 3.21. The van der Waals surface area contributed by atoms with Gasteiger partial charge >= 0.3 is 11.9 Å². The van der Waals surface area contributed by atoms with E-state index in [0.29, 0.717) is 12.8 Å². The van der Waals surface area contributed by atoms with Crippen LogP contribution in [0.3, 0.4) is 0 Å². The number of rotatable bonds is 31. The maximum absolute atomic E-state index is 12.4. The lowest BCUT2D eigenvalue weighted by atomic mass is 10.0. The van der Waals surface area contributed by atoms with Gasteiger partial charge in [-0.2, -0.15) is 0 Å². The van der Waals surface area contributed by atoms with E-state index in [0.717, 1.165) is 50.5 Å². The van der Waals surface area contributed by atoms with E-state index in [1.807, 2.05) is 0 Å². The van der Waals surface area contributed by atoms with Crippen LogP contribution in [0.1, 0.15) is 180 Å². The highest BCUT2D eigenvalue weighted by Crippen LogP contribution is 2.45. The Labute approximate surface area is 261 Å². The first-order valence-electron chi connectivity index (χ1n) is 18.4. The molecule has 0 heterocycles. The van der Waals surface area contributed by atoms with Gasteiger partial charge in [-0.3, -0.25) is 9.59 Å². The third kappa shape index (κ3) is 24.4. The number of methoxy groups -OCH3 is 1. The van der Waals surface area contributed by atoms with Crippen molar-refractivity contribution in [1.29, 1.82) is 0 Å². The second kappa shape index (κ2) is 27.4. The third-order valence-corrected chi connectivity index (χ3v) is 9.27. The second-order valence-corrected chi connectivity index (χ2v) is 13.6. The highest BCUT2D eigenvalue weighted by atomic mass is 16.5. The number of carbonyl (C=O) groups is 2. The molecule has 5 nitrogen and oxygen atoms in total. The van der Waals surface area contributed by atoms with Crippen LogP contribution in [-0.4, -0.2) is 50.7 Å². The Morgan fingerprint density at radius 1 is 0.619 bits per heavy atom. The molecule has 1 saturated carbocycles. The highest BCUT2D eigenvalue weighted by molar-refractivity contribution is 5.69. The van der Waals surface area contributed by atoms with Crippen molar-refractivity contribution in [3.05, 3.63) is 0 Å². The Bertz CT molecular complexity index is 637. The molecular formula is C37H71NO4. The Balaban J connectivity index is 1.99. The number of hydrogen-bond acceptors (Lipinski definition) is 5. The molecule has 3 atom stereocenters. The van der Waals surface area contributed by atoms with Gasteiger partial charge in [0.1, 0.15) is 6.10 Å². The normalized spacial score (nSPS) is 17.0. The van der Waals surface area contributed by atoms with Crippen LogP contribution < -0.4 is 0 Å². The minimum atomic E-state index is -0.0686. The number of carbonyl (C=O) groups excluding carboxylic acids is 2. The zero-order chi connectivity index (χ0) is 30.7. The van der Waals surface area contributed by atoms with Gasteiger partial charge in [-0.1, -0.05) is 122 Å². The van der Waals surface area contributed by atoms with Crippen molar-refractivity contribution >= 4 is 11.9 Å². The van der Waals surface area contributed by atoms with Crippen molar-refractivity contribution in [2.24, 2.45) is 11.8 Å². The number of ether oxygens (including phenoxy) is 2. The summed E-state index contributed by atoms with van der Waals surface area (Å²) in [6.07, 6.45) is 33.3. The van der Waals surface area contributed by atoms with E-state index >= 15 is 0 Å². The van der Waals surface area contributed by atoms with Crippen LogP contribution in [0.15, 0.2) is 0 Å². The van der Waals surface area contributed by atoms with Crippen LogP contribution in [0.4, 0.5) is 0 Å². The summed E-state index contributed by atoms with van der Waals surface area (Å²) in [5.41, 5.74) is 0. The maximum Gasteiger partial charge on any atom is 0.306 e. The van der Waals surface area contributed by atoms with Crippen LogP contribution in [0.2, 0.25) is 0 Å². The van der Waals surface area contributed by atoms with Gasteiger partial charge in [0.05, 0.1) is 7.11 Å². The van der Waals surface area contributed by atoms with Gasteiger partial charge in [-0.15, -0.1) is 0 Å². The lowest BCUT2D eigenvalue weighted by molar-refractivity contribution is -0.150. The molecule has 0 bridgehead atoms. The van der Waals surface area contributed by atoms with Crippen LogP contribution >= 0.6 is 0 Å². The zero-order valence-corrected chi connectivity index (χ0v) is 28.6. The van der Waals surface area contributed by atoms with Crippen LogP contribution in [0.25, 0.3) is 0 Å². The smallest absolute Gasteiger partial charge is 0.306 e. The highest BCUT2D eigenvalue weighted by Gasteiger charge is 2.35. The molecule has 0 N–H and O–H groups in total. The van der Waals surface area contributed by atoms with E-state index in [1.165, 1.54) is 136 Å². The van der Waals surface area contributed by atoms with Gasteiger partial charge in [-0.25, -0.2) is 0 Å². The summed E-state index contributed by atoms with van der Waals surface area (Å²) < 4.78 is 10.6. The van der Waals surface area contributed by atoms with Crippen LogP contribution in [-0.2, 0) is 19.1 Å². The molecular weight excluding hydrogens is 522 g/mol. The monoisotopic (exact) mass is 594 g/mol. The molecule has 42 heavy (non-hydrogen) atoms. The Morgan fingerprint density at radius 3 is 1.57 bits per heavy atom. The molecule has 5 heteroatoms. The predicted octanol–water partition coefficient (Wildman–Crippen LogP) is 10.4. The van der Waals surface area contributed by atoms with Gasteiger partial charge in [0.15, 0.2) is 0 Å². The van der Waals surface area contributed by atoms with Crippen molar-refractivity contribution in [2.75, 3.05) is 27.7 Å². The van der Waals surface area contributed by atoms with Crippen molar-refractivity contribution in [3.8, 4) is 0 Å². The van der Waals surface area contributed by atoms with E-state index in [9.17, 15) is 9.59 Å². The molecule has 0 amide bonds. The van der Waals surface area contributed by atoms with Gasteiger partial charge in [0.2, 0.25) is 0 Å². The maximum atomic E-state index is 12.4. The molecule has 1 rings (SSSR count). The number of hydrogen-bond donors (Lipinski definition) is 0. The standard InChI is InChI=1S/C37H71NO4/c1-5-6-7-8-16-21-27-35(42-37(40)30-24-31-38(2)3)28-22-17-12-10-9-11-14-19-25-33-32-34(33)26-20-15-13-18-23-29-36(39)41-4/h33-35H,5-32H2,1-4H3. The van der Waals surface area contributed by atoms with Gasteiger partial charge in [0.25, 0.3) is 0 Å². The van der Waals surface area contributed by atoms with E-state index in [4.69, 9.17) is 9.47 Å². The molecule has 1 aliphatic rings. The molecule has 1 fully saturated rings. The van der Waals surface area contributed by atoms with Crippen molar-refractivity contribution in [3.63, 3.8) is 0 Å². The van der Waals surface area contributed by atoms with Crippen molar-refractivity contribution in [2.45, 2.75) is 186 Å².